The fourth-order valence-electron chi connectivity index (χ4n) is 2.93. The van der Waals surface area contributed by atoms with Crippen LogP contribution >= 0.6 is 0 Å². The van der Waals surface area contributed by atoms with Crippen molar-refractivity contribution in [1.82, 2.24) is 4.90 Å². The second kappa shape index (κ2) is 7.30. The number of rotatable bonds is 4. The molecule has 8 nitrogen and oxygen atoms in total. The van der Waals surface area contributed by atoms with Crippen LogP contribution in [0.25, 0.3) is 0 Å². The Morgan fingerprint density at radius 3 is 2.31 bits per heavy atom. The van der Waals surface area contributed by atoms with Gasteiger partial charge >= 0.3 is 6.03 Å². The monoisotopic (exact) mass is 357 g/mol. The van der Waals surface area contributed by atoms with Crippen LogP contribution in [-0.4, -0.2) is 36.6 Å². The lowest BCUT2D eigenvalue weighted by Gasteiger charge is -2.29. The Hall–Kier alpha value is -3.29. The quantitative estimate of drug-likeness (QED) is 0.670. The van der Waals surface area contributed by atoms with E-state index < -0.39 is 4.92 Å². The molecule has 1 aliphatic rings. The van der Waals surface area contributed by atoms with Crippen molar-refractivity contribution in [2.24, 2.45) is 0 Å². The topological polar surface area (TPSA) is 93.9 Å². The van der Waals surface area contributed by atoms with Crippen LogP contribution in [0.5, 0.6) is 11.5 Å². The summed E-state index contributed by atoms with van der Waals surface area (Å²) in [6, 6.07) is 9.33. The number of nitro benzene ring substituents is 1. The lowest BCUT2D eigenvalue weighted by Crippen LogP contribution is -2.38. The van der Waals surface area contributed by atoms with Crippen molar-refractivity contribution in [1.29, 1.82) is 0 Å². The highest BCUT2D eigenvalue weighted by molar-refractivity contribution is 5.89. The summed E-state index contributed by atoms with van der Waals surface area (Å²) in [5.41, 5.74) is 2.63. The van der Waals surface area contributed by atoms with Crippen molar-refractivity contribution in [3.8, 4) is 11.5 Å². The maximum Gasteiger partial charge on any atom is 0.322 e. The van der Waals surface area contributed by atoms with Crippen LogP contribution in [0, 0.1) is 10.1 Å². The zero-order valence-electron chi connectivity index (χ0n) is 14.5. The molecule has 0 bridgehead atoms. The van der Waals surface area contributed by atoms with Gasteiger partial charge in [-0.3, -0.25) is 10.1 Å². The molecule has 2 aromatic rings. The number of urea groups is 1. The molecule has 0 unspecified atom stereocenters. The number of anilines is 1. The predicted octanol–water partition coefficient (Wildman–Crippen LogP) is 3.20. The first-order valence-corrected chi connectivity index (χ1v) is 8.06. The van der Waals surface area contributed by atoms with Gasteiger partial charge in [0.05, 0.1) is 19.1 Å². The summed E-state index contributed by atoms with van der Waals surface area (Å²) in [6.07, 6.45) is 0.712. The highest BCUT2D eigenvalue weighted by Gasteiger charge is 2.23. The molecule has 1 N–H and O–H groups in total. The Labute approximate surface area is 150 Å². The average molecular weight is 357 g/mol. The number of fused-ring (bicyclic) bond motifs is 1. The minimum atomic E-state index is -0.477. The Balaban J connectivity index is 1.71. The molecule has 0 atom stereocenters. The fraction of sp³-hybridized carbons (Fsp3) is 0.278. The summed E-state index contributed by atoms with van der Waals surface area (Å²) < 4.78 is 10.6. The molecule has 0 radical (unpaired) electrons. The van der Waals surface area contributed by atoms with E-state index in [0.29, 0.717) is 36.7 Å². The third kappa shape index (κ3) is 3.53. The standard InChI is InChI=1S/C18H19N3O5/c1-25-16-9-12-7-8-20(11-13(12)10-17(16)26-2)18(22)19-14-3-5-15(6-4-14)21(23)24/h3-6,9-10H,7-8,11H2,1-2H3,(H,19,22). The van der Waals surface area contributed by atoms with Gasteiger partial charge in [0.15, 0.2) is 11.5 Å². The molecule has 26 heavy (non-hydrogen) atoms. The molecule has 1 aliphatic heterocycles. The van der Waals surface area contributed by atoms with Gasteiger partial charge in [0.2, 0.25) is 0 Å². The lowest BCUT2D eigenvalue weighted by atomic mass is 9.99. The van der Waals surface area contributed by atoms with Crippen LogP contribution in [0.15, 0.2) is 36.4 Å². The Morgan fingerprint density at radius 1 is 1.12 bits per heavy atom. The van der Waals surface area contributed by atoms with E-state index in [1.807, 2.05) is 12.1 Å². The molecule has 2 aromatic carbocycles. The van der Waals surface area contributed by atoms with Crippen molar-refractivity contribution >= 4 is 17.4 Å². The molecule has 3 rings (SSSR count). The van der Waals surface area contributed by atoms with E-state index in [1.54, 1.807) is 19.1 Å². The lowest BCUT2D eigenvalue weighted by molar-refractivity contribution is -0.384. The Morgan fingerprint density at radius 2 is 1.73 bits per heavy atom. The van der Waals surface area contributed by atoms with Crippen LogP contribution in [0.2, 0.25) is 0 Å². The molecule has 8 heteroatoms. The highest BCUT2D eigenvalue weighted by atomic mass is 16.6. The molecule has 1 heterocycles. The maximum absolute atomic E-state index is 12.5. The number of nitro groups is 1. The molecule has 2 amide bonds. The number of benzene rings is 2. The van der Waals surface area contributed by atoms with Crippen molar-refractivity contribution in [3.05, 3.63) is 57.6 Å². The van der Waals surface area contributed by atoms with E-state index in [4.69, 9.17) is 9.47 Å². The van der Waals surface area contributed by atoms with Gasteiger partial charge in [-0.05, 0) is 41.8 Å². The molecule has 0 aliphatic carbocycles. The molecule has 0 aromatic heterocycles. The highest BCUT2D eigenvalue weighted by Crippen LogP contribution is 2.33. The molecule has 136 valence electrons. The third-order valence-corrected chi connectivity index (χ3v) is 4.33. The second-order valence-electron chi connectivity index (χ2n) is 5.88. The Bertz CT molecular complexity index is 835. The smallest absolute Gasteiger partial charge is 0.322 e. The van der Waals surface area contributed by atoms with Crippen LogP contribution in [-0.2, 0) is 13.0 Å². The van der Waals surface area contributed by atoms with Crippen molar-refractivity contribution in [3.63, 3.8) is 0 Å². The van der Waals surface area contributed by atoms with Crippen molar-refractivity contribution < 1.29 is 19.2 Å². The van der Waals surface area contributed by atoms with E-state index in [-0.39, 0.29) is 11.7 Å². The molecular formula is C18H19N3O5. The molecule has 0 spiro atoms. The van der Waals surface area contributed by atoms with Gasteiger partial charge in [0.1, 0.15) is 0 Å². The molecular weight excluding hydrogens is 338 g/mol. The number of nitrogens with one attached hydrogen (secondary N) is 1. The summed E-state index contributed by atoms with van der Waals surface area (Å²) in [5.74, 6) is 1.30. The average Bonchev–Trinajstić information content (AvgIpc) is 2.66. The summed E-state index contributed by atoms with van der Waals surface area (Å²) in [6.45, 7) is 1.02. The summed E-state index contributed by atoms with van der Waals surface area (Å²) in [4.78, 5) is 24.4. The van der Waals surface area contributed by atoms with Crippen LogP contribution in [0.3, 0.4) is 0 Å². The van der Waals surface area contributed by atoms with Gasteiger partial charge in [0.25, 0.3) is 5.69 Å². The predicted molar refractivity (Wildman–Crippen MR) is 95.8 cm³/mol. The van der Waals surface area contributed by atoms with Gasteiger partial charge in [-0.25, -0.2) is 4.79 Å². The maximum atomic E-state index is 12.5. The third-order valence-electron chi connectivity index (χ3n) is 4.33. The number of ether oxygens (including phenoxy) is 2. The van der Waals surface area contributed by atoms with Gasteiger partial charge in [-0.2, -0.15) is 0 Å². The first kappa shape index (κ1) is 17.5. The molecule has 0 saturated heterocycles. The SMILES string of the molecule is COc1cc2c(cc1OC)CN(C(=O)Nc1ccc([N+](=O)[O-])cc1)CC2. The van der Waals surface area contributed by atoms with E-state index in [9.17, 15) is 14.9 Å². The minimum Gasteiger partial charge on any atom is -0.493 e. The zero-order chi connectivity index (χ0) is 18.7. The number of hydrogen-bond donors (Lipinski definition) is 1. The normalized spacial score (nSPS) is 12.9. The van der Waals surface area contributed by atoms with Gasteiger partial charge < -0.3 is 19.7 Å². The van der Waals surface area contributed by atoms with Crippen LogP contribution in [0.1, 0.15) is 11.1 Å². The largest absolute Gasteiger partial charge is 0.493 e. The fourth-order valence-corrected chi connectivity index (χ4v) is 2.93. The van der Waals surface area contributed by atoms with Crippen LogP contribution < -0.4 is 14.8 Å². The summed E-state index contributed by atoms with van der Waals surface area (Å²) in [7, 11) is 3.17. The van der Waals surface area contributed by atoms with Crippen molar-refractivity contribution in [2.75, 3.05) is 26.1 Å². The molecule has 0 fully saturated rings. The van der Waals surface area contributed by atoms with Gasteiger partial charge in [-0.1, -0.05) is 0 Å². The number of amides is 2. The second-order valence-corrected chi connectivity index (χ2v) is 5.88. The number of carbonyl (C=O) groups is 1. The van der Waals surface area contributed by atoms with Gasteiger partial charge in [0, 0.05) is 30.9 Å². The van der Waals surface area contributed by atoms with E-state index in [1.165, 1.54) is 24.3 Å². The minimum absolute atomic E-state index is 0.0176. The first-order chi connectivity index (χ1) is 12.5. The zero-order valence-corrected chi connectivity index (χ0v) is 14.5. The first-order valence-electron chi connectivity index (χ1n) is 8.06. The van der Waals surface area contributed by atoms with Crippen molar-refractivity contribution in [2.45, 2.75) is 13.0 Å². The number of nitrogens with zero attached hydrogens (tertiary/aromatic N) is 2. The Kier molecular flexibility index (Phi) is 4.92. The van der Waals surface area contributed by atoms with E-state index in [0.717, 1.165) is 11.1 Å². The molecule has 0 saturated carbocycles. The van der Waals surface area contributed by atoms with E-state index in [2.05, 4.69) is 5.32 Å². The number of non-ortho nitro benzene ring substituents is 1. The number of carbonyl (C=O) groups excluding carboxylic acids is 1. The van der Waals surface area contributed by atoms with Crippen LogP contribution in [0.4, 0.5) is 16.2 Å². The summed E-state index contributed by atoms with van der Waals surface area (Å²) in [5, 5.41) is 13.5. The van der Waals surface area contributed by atoms with E-state index >= 15 is 0 Å². The number of hydrogen-bond acceptors (Lipinski definition) is 5. The summed E-state index contributed by atoms with van der Waals surface area (Å²) >= 11 is 0. The van der Waals surface area contributed by atoms with Gasteiger partial charge in [-0.15, -0.1) is 0 Å². The number of methoxy groups -OCH3 is 2.